The van der Waals surface area contributed by atoms with Gasteiger partial charge < -0.3 is 9.80 Å². The summed E-state index contributed by atoms with van der Waals surface area (Å²) in [5.74, 6) is 2.62. The lowest BCUT2D eigenvalue weighted by Gasteiger charge is -2.63. The van der Waals surface area contributed by atoms with Crippen molar-refractivity contribution in [3.05, 3.63) is 149 Å². The molecule has 7 atom stereocenters. The maximum Gasteiger partial charge on any atom is 0.247 e. The molecule has 2 nitrogen and oxygen atoms in total. The van der Waals surface area contributed by atoms with Crippen LogP contribution < -0.4 is 26.2 Å². The zero-order chi connectivity index (χ0) is 35.5. The van der Waals surface area contributed by atoms with Crippen molar-refractivity contribution in [3.63, 3.8) is 0 Å². The molecule has 0 spiro atoms. The highest BCUT2D eigenvalue weighted by Crippen LogP contribution is 2.65. The molecule has 3 heterocycles. The van der Waals surface area contributed by atoms with Gasteiger partial charge in [0.15, 0.2) is 0 Å². The summed E-state index contributed by atoms with van der Waals surface area (Å²) in [6.07, 6.45) is 11.8. The highest BCUT2D eigenvalue weighted by Gasteiger charge is 2.60. The minimum Gasteiger partial charge on any atom is -0.334 e. The number of fused-ring (bicyclic) bond motifs is 7. The lowest BCUT2D eigenvalue weighted by atomic mass is 9.29. The van der Waals surface area contributed by atoms with E-state index in [-0.39, 0.29) is 28.6 Å². The number of hydrogen-bond acceptors (Lipinski definition) is 2. The Morgan fingerprint density at radius 3 is 2.19 bits per heavy atom. The molecule has 0 radical (unpaired) electrons. The van der Waals surface area contributed by atoms with E-state index >= 15 is 0 Å². The maximum atomic E-state index is 2.86. The van der Waals surface area contributed by atoms with Gasteiger partial charge in [-0.15, -0.1) is 0 Å². The van der Waals surface area contributed by atoms with Crippen LogP contribution in [0.1, 0.15) is 94.9 Å². The Kier molecular flexibility index (Phi) is 5.93. The van der Waals surface area contributed by atoms with E-state index in [0.717, 1.165) is 17.8 Å². The third kappa shape index (κ3) is 3.63. The first-order chi connectivity index (χ1) is 25.7. The lowest BCUT2D eigenvalue weighted by molar-refractivity contribution is 0.00878. The van der Waals surface area contributed by atoms with Gasteiger partial charge in [-0.05, 0) is 128 Å². The second-order valence-electron chi connectivity index (χ2n) is 18.8. The zero-order valence-electron chi connectivity index (χ0n) is 31.7. The van der Waals surface area contributed by atoms with Gasteiger partial charge in [0.1, 0.15) is 0 Å². The van der Waals surface area contributed by atoms with Gasteiger partial charge in [0.05, 0.1) is 11.1 Å². The highest BCUT2D eigenvalue weighted by atomic mass is 15.3. The van der Waals surface area contributed by atoms with E-state index in [0.29, 0.717) is 0 Å². The minimum absolute atomic E-state index is 0.0273. The zero-order valence-corrected chi connectivity index (χ0v) is 31.7. The second-order valence-corrected chi connectivity index (χ2v) is 18.8. The SMILES string of the molecule is CC1(c2ccccc2)c2ccccc2B2c3ccc(N4c5ccccc5C5(C)CCCCC45C)cc3N(C3(C)C=C4CC5CC(C3)C45)c3cccc1c32. The predicted octanol–water partition coefficient (Wildman–Crippen LogP) is 9.81. The number of hydrogen-bond donors (Lipinski definition) is 0. The summed E-state index contributed by atoms with van der Waals surface area (Å²) in [5, 5.41) is 0. The number of allylic oxidation sites excluding steroid dienone is 1. The molecule has 3 fully saturated rings. The Morgan fingerprint density at radius 1 is 0.623 bits per heavy atom. The predicted molar refractivity (Wildman–Crippen MR) is 222 cm³/mol. The maximum absolute atomic E-state index is 2.86. The van der Waals surface area contributed by atoms with Crippen LogP contribution in [0.15, 0.2) is 127 Å². The van der Waals surface area contributed by atoms with Gasteiger partial charge in [-0.1, -0.05) is 128 Å². The van der Waals surface area contributed by atoms with E-state index in [2.05, 4.69) is 159 Å². The van der Waals surface area contributed by atoms with Gasteiger partial charge in [-0.25, -0.2) is 0 Å². The van der Waals surface area contributed by atoms with Crippen molar-refractivity contribution in [2.45, 2.75) is 94.5 Å². The molecule has 4 aliphatic carbocycles. The molecule has 12 rings (SSSR count). The van der Waals surface area contributed by atoms with Crippen LogP contribution in [0.3, 0.4) is 0 Å². The topological polar surface area (TPSA) is 6.48 Å². The van der Waals surface area contributed by atoms with Crippen LogP contribution in [0, 0.1) is 17.8 Å². The summed E-state index contributed by atoms with van der Waals surface area (Å²) in [6.45, 7) is 10.4. The van der Waals surface area contributed by atoms with Gasteiger partial charge in [-0.3, -0.25) is 0 Å². The second kappa shape index (κ2) is 10.2. The molecule has 3 heteroatoms. The van der Waals surface area contributed by atoms with Crippen LogP contribution in [0.2, 0.25) is 0 Å². The van der Waals surface area contributed by atoms with Crippen LogP contribution in [0.5, 0.6) is 0 Å². The van der Waals surface area contributed by atoms with Crippen molar-refractivity contribution in [1.29, 1.82) is 0 Å². The van der Waals surface area contributed by atoms with Gasteiger partial charge in [0, 0.05) is 33.6 Å². The average molecular weight is 689 g/mol. The fourth-order valence-corrected chi connectivity index (χ4v) is 13.8. The van der Waals surface area contributed by atoms with E-state index in [9.17, 15) is 0 Å². The number of rotatable bonds is 3. The summed E-state index contributed by atoms with van der Waals surface area (Å²) >= 11 is 0. The molecule has 0 N–H and O–H groups in total. The van der Waals surface area contributed by atoms with E-state index in [1.807, 2.05) is 0 Å². The summed E-state index contributed by atoms with van der Waals surface area (Å²) in [7, 11) is 0. The summed E-state index contributed by atoms with van der Waals surface area (Å²) in [5.41, 5.74) is 17.4. The van der Waals surface area contributed by atoms with E-state index in [1.165, 1.54) is 106 Å². The van der Waals surface area contributed by atoms with Crippen LogP contribution >= 0.6 is 0 Å². The van der Waals surface area contributed by atoms with Crippen LogP contribution in [-0.2, 0) is 10.8 Å². The van der Waals surface area contributed by atoms with E-state index in [4.69, 9.17) is 0 Å². The molecule has 0 saturated heterocycles. The molecular formula is C50H49BN2. The molecule has 53 heavy (non-hydrogen) atoms. The molecule has 0 aromatic heterocycles. The average Bonchev–Trinajstić information content (AvgIpc) is 3.37. The molecule has 3 saturated carbocycles. The molecule has 0 bridgehead atoms. The van der Waals surface area contributed by atoms with Crippen LogP contribution in [0.4, 0.5) is 22.7 Å². The standard InChI is InChI=1S/C50H49BN2/c1-47(30-33-27-32-28-34(31-47)45(32)33)53-43-22-14-19-39-46(43)51(40-20-10-8-17-37(40)50(39,4)35-15-6-5-7-16-35)41-24-23-36(29-44(41)53)52-42-21-11-9-18-38(42)48(2)25-12-13-26-49(48,52)3/h5-11,14-24,29-30,32,34,45H,12-13,25-28,31H2,1-4H3. The van der Waals surface area contributed by atoms with Crippen molar-refractivity contribution in [1.82, 2.24) is 0 Å². The Morgan fingerprint density at radius 2 is 1.36 bits per heavy atom. The normalized spacial score (nSPS) is 33.6. The number of nitrogens with zero attached hydrogens (tertiary/aromatic N) is 2. The third-order valence-electron chi connectivity index (χ3n) is 16.4. The van der Waals surface area contributed by atoms with Gasteiger partial charge in [0.2, 0.25) is 6.71 Å². The lowest BCUT2D eigenvalue weighted by Crippen LogP contribution is -2.67. The Balaban J connectivity index is 1.13. The first-order valence-electron chi connectivity index (χ1n) is 20.6. The van der Waals surface area contributed by atoms with Gasteiger partial charge in [-0.2, -0.15) is 0 Å². The molecule has 7 aliphatic rings. The largest absolute Gasteiger partial charge is 0.334 e. The highest BCUT2D eigenvalue weighted by molar-refractivity contribution is 6.99. The summed E-state index contributed by atoms with van der Waals surface area (Å²) < 4.78 is 0. The van der Waals surface area contributed by atoms with Crippen molar-refractivity contribution < 1.29 is 0 Å². The Hall–Kier alpha value is -4.50. The molecule has 5 aromatic rings. The number of anilines is 4. The van der Waals surface area contributed by atoms with E-state index in [1.54, 1.807) is 5.57 Å². The molecule has 3 aliphatic heterocycles. The van der Waals surface area contributed by atoms with E-state index < -0.39 is 0 Å². The summed E-state index contributed by atoms with van der Waals surface area (Å²) in [4.78, 5) is 5.65. The minimum atomic E-state index is -0.256. The van der Waals surface area contributed by atoms with Crippen LogP contribution in [0.25, 0.3) is 0 Å². The number of benzene rings is 5. The monoisotopic (exact) mass is 688 g/mol. The first-order valence-corrected chi connectivity index (χ1v) is 20.6. The van der Waals surface area contributed by atoms with Crippen molar-refractivity contribution >= 4 is 45.9 Å². The molecule has 262 valence electrons. The molecule has 5 aromatic carbocycles. The quantitative estimate of drug-likeness (QED) is 0.138. The van der Waals surface area contributed by atoms with Gasteiger partial charge >= 0.3 is 0 Å². The number of para-hydroxylation sites is 1. The fraction of sp³-hybridized carbons (Fsp3) is 0.360. The molecule has 0 amide bonds. The molecular weight excluding hydrogens is 639 g/mol. The van der Waals surface area contributed by atoms with Crippen molar-refractivity contribution in [2.75, 3.05) is 9.80 Å². The smallest absolute Gasteiger partial charge is 0.247 e. The Labute approximate surface area is 316 Å². The Bertz CT molecular complexity index is 2410. The van der Waals surface area contributed by atoms with Gasteiger partial charge in [0.25, 0.3) is 0 Å². The molecule has 7 unspecified atom stereocenters. The summed E-state index contributed by atoms with van der Waals surface area (Å²) in [6, 6.07) is 45.1. The van der Waals surface area contributed by atoms with Crippen molar-refractivity contribution in [2.24, 2.45) is 17.8 Å². The van der Waals surface area contributed by atoms with Crippen molar-refractivity contribution in [3.8, 4) is 0 Å². The fourth-order valence-electron chi connectivity index (χ4n) is 13.8. The van der Waals surface area contributed by atoms with Crippen LogP contribution in [-0.4, -0.2) is 17.8 Å². The first kappa shape index (κ1) is 30.9. The third-order valence-corrected chi connectivity index (χ3v) is 16.4.